The normalized spacial score (nSPS) is 18.8. The van der Waals surface area contributed by atoms with Crippen molar-refractivity contribution in [1.29, 1.82) is 0 Å². The molecular weight excluding hydrogens is 270 g/mol. The van der Waals surface area contributed by atoms with Crippen LogP contribution in [-0.4, -0.2) is 49.0 Å². The lowest BCUT2D eigenvalue weighted by Gasteiger charge is -2.23. The molecule has 2 heterocycles. The third kappa shape index (κ3) is 3.63. The van der Waals surface area contributed by atoms with Gasteiger partial charge < -0.3 is 10.1 Å². The zero-order chi connectivity index (χ0) is 13.9. The summed E-state index contributed by atoms with van der Waals surface area (Å²) in [5.74, 6) is 0.249. The molecule has 0 bridgehead atoms. The molecule has 1 N–H and O–H groups in total. The Labute approximate surface area is 111 Å². The van der Waals surface area contributed by atoms with E-state index in [1.165, 1.54) is 19.5 Å². The van der Waals surface area contributed by atoms with Crippen LogP contribution < -0.4 is 5.32 Å². The fourth-order valence-corrected chi connectivity index (χ4v) is 3.37. The third-order valence-corrected chi connectivity index (χ3v) is 4.65. The molecule has 104 valence electrons. The van der Waals surface area contributed by atoms with Crippen LogP contribution in [0.25, 0.3) is 0 Å². The second kappa shape index (κ2) is 5.52. The molecule has 2 rings (SSSR count). The van der Waals surface area contributed by atoms with Gasteiger partial charge in [0.1, 0.15) is 15.7 Å². The molecular formula is C11H15N3O4S. The van der Waals surface area contributed by atoms with Gasteiger partial charge in [0.15, 0.2) is 5.69 Å². The fourth-order valence-electron chi connectivity index (χ4n) is 1.88. The number of esters is 1. The number of nitrogens with one attached hydrogen (secondary N) is 1. The van der Waals surface area contributed by atoms with E-state index in [9.17, 15) is 13.2 Å². The standard InChI is InChI=1S/C11H15N3O4S/c1-18-11(15)9-6-12-7-10(14-9)13-8-2-4-19(16,17)5-3-8/h6-8H,2-5H2,1H3,(H,13,14). The van der Waals surface area contributed by atoms with Gasteiger partial charge in [0.05, 0.1) is 31.0 Å². The summed E-state index contributed by atoms with van der Waals surface area (Å²) in [7, 11) is -1.61. The molecule has 0 atom stereocenters. The molecule has 0 aromatic carbocycles. The predicted molar refractivity (Wildman–Crippen MR) is 68.7 cm³/mol. The molecule has 7 nitrogen and oxygen atoms in total. The molecule has 1 aliphatic heterocycles. The SMILES string of the molecule is COC(=O)c1cncc(NC2CCS(=O)(=O)CC2)n1. The van der Waals surface area contributed by atoms with Crippen LogP contribution in [0, 0.1) is 0 Å². The molecule has 19 heavy (non-hydrogen) atoms. The smallest absolute Gasteiger partial charge is 0.358 e. The molecule has 0 saturated carbocycles. The first-order chi connectivity index (χ1) is 9.00. The number of aromatic nitrogens is 2. The molecule has 1 fully saturated rings. The van der Waals surface area contributed by atoms with Gasteiger partial charge in [0.2, 0.25) is 0 Å². The third-order valence-electron chi connectivity index (χ3n) is 2.94. The Kier molecular flexibility index (Phi) is 3.98. The van der Waals surface area contributed by atoms with Crippen molar-refractivity contribution in [2.75, 3.05) is 23.9 Å². The van der Waals surface area contributed by atoms with Crippen LogP contribution in [0.3, 0.4) is 0 Å². The number of anilines is 1. The van der Waals surface area contributed by atoms with Gasteiger partial charge in [-0.3, -0.25) is 4.98 Å². The van der Waals surface area contributed by atoms with E-state index in [-0.39, 0.29) is 23.2 Å². The van der Waals surface area contributed by atoms with Crippen molar-refractivity contribution >= 4 is 21.6 Å². The van der Waals surface area contributed by atoms with Crippen molar-refractivity contribution in [2.24, 2.45) is 0 Å². The summed E-state index contributed by atoms with van der Waals surface area (Å²) in [6.45, 7) is 0. The highest BCUT2D eigenvalue weighted by Gasteiger charge is 2.23. The van der Waals surface area contributed by atoms with E-state index in [0.29, 0.717) is 18.7 Å². The van der Waals surface area contributed by atoms with E-state index in [2.05, 4.69) is 20.0 Å². The lowest BCUT2D eigenvalue weighted by atomic mass is 10.1. The average Bonchev–Trinajstić information content (AvgIpc) is 2.41. The van der Waals surface area contributed by atoms with E-state index in [1.54, 1.807) is 0 Å². The molecule has 0 amide bonds. The monoisotopic (exact) mass is 285 g/mol. The van der Waals surface area contributed by atoms with Gasteiger partial charge >= 0.3 is 5.97 Å². The second-order valence-corrected chi connectivity index (χ2v) is 6.66. The number of ether oxygens (including phenoxy) is 1. The van der Waals surface area contributed by atoms with Crippen molar-refractivity contribution in [3.63, 3.8) is 0 Å². The Morgan fingerprint density at radius 3 is 2.68 bits per heavy atom. The Balaban J connectivity index is 2.02. The fraction of sp³-hybridized carbons (Fsp3) is 0.545. The van der Waals surface area contributed by atoms with Crippen molar-refractivity contribution in [2.45, 2.75) is 18.9 Å². The van der Waals surface area contributed by atoms with Crippen LogP contribution in [0.1, 0.15) is 23.3 Å². The number of carbonyl (C=O) groups excluding carboxylic acids is 1. The van der Waals surface area contributed by atoms with E-state index in [0.717, 1.165) is 0 Å². The van der Waals surface area contributed by atoms with Crippen LogP contribution in [0.5, 0.6) is 0 Å². The van der Waals surface area contributed by atoms with Crippen molar-refractivity contribution < 1.29 is 17.9 Å². The van der Waals surface area contributed by atoms with Crippen molar-refractivity contribution in [1.82, 2.24) is 9.97 Å². The van der Waals surface area contributed by atoms with Crippen LogP contribution in [0.2, 0.25) is 0 Å². The van der Waals surface area contributed by atoms with Crippen LogP contribution >= 0.6 is 0 Å². The van der Waals surface area contributed by atoms with Gasteiger partial charge in [-0.15, -0.1) is 0 Å². The number of hydrogen-bond acceptors (Lipinski definition) is 7. The summed E-state index contributed by atoms with van der Waals surface area (Å²) >= 11 is 0. The minimum Gasteiger partial charge on any atom is -0.464 e. The topological polar surface area (TPSA) is 98.2 Å². The summed E-state index contributed by atoms with van der Waals surface area (Å²) in [6.07, 6.45) is 3.89. The summed E-state index contributed by atoms with van der Waals surface area (Å²) < 4.78 is 27.2. The largest absolute Gasteiger partial charge is 0.464 e. The molecule has 0 aliphatic carbocycles. The maximum atomic E-state index is 11.3. The molecule has 1 aromatic rings. The van der Waals surface area contributed by atoms with Gasteiger partial charge in [-0.25, -0.2) is 18.2 Å². The first-order valence-electron chi connectivity index (χ1n) is 5.87. The highest BCUT2D eigenvalue weighted by molar-refractivity contribution is 7.91. The van der Waals surface area contributed by atoms with E-state index >= 15 is 0 Å². The first kappa shape index (κ1) is 13.7. The highest BCUT2D eigenvalue weighted by Crippen LogP contribution is 2.16. The van der Waals surface area contributed by atoms with E-state index < -0.39 is 15.8 Å². The van der Waals surface area contributed by atoms with Gasteiger partial charge in [-0.1, -0.05) is 0 Å². The first-order valence-corrected chi connectivity index (χ1v) is 7.69. The number of nitrogens with zero attached hydrogens (tertiary/aromatic N) is 2. The minimum absolute atomic E-state index is 0.0331. The Morgan fingerprint density at radius 1 is 1.37 bits per heavy atom. The molecule has 8 heteroatoms. The quantitative estimate of drug-likeness (QED) is 0.795. The Hall–Kier alpha value is -1.70. The van der Waals surface area contributed by atoms with Crippen LogP contribution in [0.15, 0.2) is 12.4 Å². The maximum absolute atomic E-state index is 11.3. The summed E-state index contributed by atoms with van der Waals surface area (Å²) in [5.41, 5.74) is 0.121. The predicted octanol–water partition coefficient (Wildman–Crippen LogP) is 0.252. The molecule has 1 saturated heterocycles. The zero-order valence-corrected chi connectivity index (χ0v) is 11.3. The van der Waals surface area contributed by atoms with Crippen molar-refractivity contribution in [3.8, 4) is 0 Å². The van der Waals surface area contributed by atoms with Gasteiger partial charge in [0, 0.05) is 6.04 Å². The average molecular weight is 285 g/mol. The van der Waals surface area contributed by atoms with Gasteiger partial charge in [-0.05, 0) is 12.8 Å². The maximum Gasteiger partial charge on any atom is 0.358 e. The number of hydrogen-bond donors (Lipinski definition) is 1. The summed E-state index contributed by atoms with van der Waals surface area (Å²) in [6, 6.07) is 0.0331. The molecule has 0 radical (unpaired) electrons. The van der Waals surface area contributed by atoms with Crippen molar-refractivity contribution in [3.05, 3.63) is 18.1 Å². The lowest BCUT2D eigenvalue weighted by molar-refractivity contribution is 0.0593. The summed E-state index contributed by atoms with van der Waals surface area (Å²) in [4.78, 5) is 19.3. The van der Waals surface area contributed by atoms with E-state index in [1.807, 2.05) is 0 Å². The van der Waals surface area contributed by atoms with E-state index in [4.69, 9.17) is 0 Å². The van der Waals surface area contributed by atoms with Gasteiger partial charge in [-0.2, -0.15) is 0 Å². The van der Waals surface area contributed by atoms with Crippen LogP contribution in [0.4, 0.5) is 5.82 Å². The Bertz CT molecular complexity index is 559. The lowest BCUT2D eigenvalue weighted by Crippen LogP contribution is -2.32. The second-order valence-electron chi connectivity index (χ2n) is 4.35. The number of methoxy groups -OCH3 is 1. The van der Waals surface area contributed by atoms with Crippen LogP contribution in [-0.2, 0) is 14.6 Å². The molecule has 0 unspecified atom stereocenters. The highest BCUT2D eigenvalue weighted by atomic mass is 32.2. The minimum atomic E-state index is -2.88. The molecule has 1 aromatic heterocycles. The molecule has 0 spiro atoms. The Morgan fingerprint density at radius 2 is 2.05 bits per heavy atom. The molecule has 1 aliphatic rings. The number of carbonyl (C=O) groups is 1. The van der Waals surface area contributed by atoms with Gasteiger partial charge in [0.25, 0.3) is 0 Å². The summed E-state index contributed by atoms with van der Waals surface area (Å²) in [5, 5.41) is 3.09. The number of rotatable bonds is 3. The zero-order valence-electron chi connectivity index (χ0n) is 10.5. The number of sulfone groups is 1.